The molecule has 0 atom stereocenters. The van der Waals surface area contributed by atoms with E-state index in [0.29, 0.717) is 23.8 Å². The highest BCUT2D eigenvalue weighted by atomic mass is 19.4. The van der Waals surface area contributed by atoms with Gasteiger partial charge in [-0.05, 0) is 37.3 Å². The highest BCUT2D eigenvalue weighted by molar-refractivity contribution is 5.56. The molecule has 0 saturated carbocycles. The van der Waals surface area contributed by atoms with Crippen LogP contribution in [0.4, 0.5) is 18.9 Å². The van der Waals surface area contributed by atoms with Crippen LogP contribution in [0.5, 0.6) is 17.2 Å². The van der Waals surface area contributed by atoms with Crippen LogP contribution in [0.25, 0.3) is 0 Å². The second-order valence-electron chi connectivity index (χ2n) is 4.26. The topological polar surface area (TPSA) is 44.5 Å². The zero-order chi connectivity index (χ0) is 15.5. The summed E-state index contributed by atoms with van der Waals surface area (Å²) in [5.74, 6) is 0.881. The lowest BCUT2D eigenvalue weighted by molar-refractivity contribution is -0.137. The second kappa shape index (κ2) is 5.95. The Kier molecular flexibility index (Phi) is 4.26. The fraction of sp³-hybridized carbons (Fsp3) is 0.200. The molecule has 0 aliphatic carbocycles. The van der Waals surface area contributed by atoms with Crippen molar-refractivity contribution >= 4 is 5.69 Å². The molecule has 0 aliphatic heterocycles. The van der Waals surface area contributed by atoms with Gasteiger partial charge in [0.05, 0.1) is 17.9 Å². The van der Waals surface area contributed by atoms with E-state index < -0.39 is 11.7 Å². The summed E-state index contributed by atoms with van der Waals surface area (Å²) in [7, 11) is 0. The standard InChI is InChI=1S/C15H14F3NO2/c1-2-20-14-9-12(6-7-13(14)19)21-11-5-3-4-10(8-11)15(16,17)18/h3-9H,2,19H2,1H3. The summed E-state index contributed by atoms with van der Waals surface area (Å²) in [6.07, 6.45) is -4.41. The number of alkyl halides is 3. The SMILES string of the molecule is CCOc1cc(Oc2cccc(C(F)(F)F)c2)ccc1N. The molecular weight excluding hydrogens is 283 g/mol. The van der Waals surface area contributed by atoms with Crippen molar-refractivity contribution in [3.8, 4) is 17.2 Å². The van der Waals surface area contributed by atoms with Crippen molar-refractivity contribution in [3.05, 3.63) is 48.0 Å². The minimum Gasteiger partial charge on any atom is -0.492 e. The van der Waals surface area contributed by atoms with Crippen LogP contribution >= 0.6 is 0 Å². The zero-order valence-electron chi connectivity index (χ0n) is 11.3. The first-order valence-electron chi connectivity index (χ1n) is 6.27. The number of nitrogens with two attached hydrogens (primary N) is 1. The smallest absolute Gasteiger partial charge is 0.416 e. The van der Waals surface area contributed by atoms with Gasteiger partial charge in [0.1, 0.15) is 17.2 Å². The predicted molar refractivity (Wildman–Crippen MR) is 73.5 cm³/mol. The molecule has 0 unspecified atom stereocenters. The first-order chi connectivity index (χ1) is 9.90. The quantitative estimate of drug-likeness (QED) is 0.846. The van der Waals surface area contributed by atoms with Crippen LogP contribution in [0.15, 0.2) is 42.5 Å². The Morgan fingerprint density at radius 2 is 1.76 bits per heavy atom. The Hall–Kier alpha value is -2.37. The van der Waals surface area contributed by atoms with Crippen molar-refractivity contribution in [2.75, 3.05) is 12.3 Å². The van der Waals surface area contributed by atoms with Gasteiger partial charge in [-0.15, -0.1) is 0 Å². The third-order valence-electron chi connectivity index (χ3n) is 2.68. The molecule has 0 bridgehead atoms. The number of ether oxygens (including phenoxy) is 2. The van der Waals surface area contributed by atoms with Gasteiger partial charge in [0.2, 0.25) is 0 Å². The Labute approximate surface area is 120 Å². The third-order valence-corrected chi connectivity index (χ3v) is 2.68. The van der Waals surface area contributed by atoms with Crippen LogP contribution in [0.1, 0.15) is 12.5 Å². The summed E-state index contributed by atoms with van der Waals surface area (Å²) in [5.41, 5.74) is 5.40. The molecule has 21 heavy (non-hydrogen) atoms. The maximum absolute atomic E-state index is 12.6. The highest BCUT2D eigenvalue weighted by Crippen LogP contribution is 2.34. The van der Waals surface area contributed by atoms with Crippen LogP contribution < -0.4 is 15.2 Å². The maximum atomic E-state index is 12.6. The molecule has 0 fully saturated rings. The first kappa shape index (κ1) is 15.0. The molecule has 0 amide bonds. The molecule has 2 N–H and O–H groups in total. The van der Waals surface area contributed by atoms with Gasteiger partial charge in [-0.1, -0.05) is 6.07 Å². The first-order valence-corrected chi connectivity index (χ1v) is 6.27. The van der Waals surface area contributed by atoms with E-state index in [0.717, 1.165) is 12.1 Å². The summed E-state index contributed by atoms with van der Waals surface area (Å²) < 4.78 is 48.6. The number of anilines is 1. The Morgan fingerprint density at radius 1 is 1.05 bits per heavy atom. The number of benzene rings is 2. The van der Waals surface area contributed by atoms with Crippen LogP contribution in [0.2, 0.25) is 0 Å². The third kappa shape index (κ3) is 3.81. The maximum Gasteiger partial charge on any atom is 0.416 e. The molecular formula is C15H14F3NO2. The van der Waals surface area contributed by atoms with Gasteiger partial charge in [-0.2, -0.15) is 13.2 Å². The molecule has 0 saturated heterocycles. The average molecular weight is 297 g/mol. The fourth-order valence-corrected chi connectivity index (χ4v) is 1.73. The van der Waals surface area contributed by atoms with Gasteiger partial charge in [0.15, 0.2) is 0 Å². The molecule has 0 heterocycles. The summed E-state index contributed by atoms with van der Waals surface area (Å²) in [6.45, 7) is 2.23. The van der Waals surface area contributed by atoms with Crippen molar-refractivity contribution in [3.63, 3.8) is 0 Å². The number of halogens is 3. The molecule has 112 valence electrons. The molecule has 0 aromatic heterocycles. The molecule has 2 aromatic rings. The van der Waals surface area contributed by atoms with Gasteiger partial charge in [-0.3, -0.25) is 0 Å². The summed E-state index contributed by atoms with van der Waals surface area (Å²) in [4.78, 5) is 0. The van der Waals surface area contributed by atoms with E-state index in [1.807, 2.05) is 0 Å². The lowest BCUT2D eigenvalue weighted by Gasteiger charge is -2.12. The largest absolute Gasteiger partial charge is 0.492 e. The Bertz CT molecular complexity index is 627. The predicted octanol–water partition coefficient (Wildman–Crippen LogP) is 4.48. The molecule has 2 aromatic carbocycles. The van der Waals surface area contributed by atoms with Crippen molar-refractivity contribution in [1.29, 1.82) is 0 Å². The lowest BCUT2D eigenvalue weighted by Crippen LogP contribution is -2.04. The average Bonchev–Trinajstić information content (AvgIpc) is 2.42. The number of hydrogen-bond acceptors (Lipinski definition) is 3. The van der Waals surface area contributed by atoms with E-state index >= 15 is 0 Å². The van der Waals surface area contributed by atoms with E-state index in [1.54, 1.807) is 25.1 Å². The number of hydrogen-bond donors (Lipinski definition) is 1. The summed E-state index contributed by atoms with van der Waals surface area (Å²) in [5, 5.41) is 0. The Morgan fingerprint density at radius 3 is 2.43 bits per heavy atom. The van der Waals surface area contributed by atoms with Gasteiger partial charge in [-0.25, -0.2) is 0 Å². The second-order valence-corrected chi connectivity index (χ2v) is 4.26. The van der Waals surface area contributed by atoms with Crippen molar-refractivity contribution in [2.45, 2.75) is 13.1 Å². The highest BCUT2D eigenvalue weighted by Gasteiger charge is 2.30. The van der Waals surface area contributed by atoms with Crippen LogP contribution in [0, 0.1) is 0 Å². The molecule has 3 nitrogen and oxygen atoms in total. The molecule has 0 spiro atoms. The fourth-order valence-electron chi connectivity index (χ4n) is 1.73. The normalized spacial score (nSPS) is 11.2. The van der Waals surface area contributed by atoms with Crippen LogP contribution in [-0.2, 0) is 6.18 Å². The number of nitrogen functional groups attached to an aromatic ring is 1. The molecule has 2 rings (SSSR count). The minimum atomic E-state index is -4.41. The van der Waals surface area contributed by atoms with Crippen molar-refractivity contribution < 1.29 is 22.6 Å². The van der Waals surface area contributed by atoms with Gasteiger partial charge in [0.25, 0.3) is 0 Å². The van der Waals surface area contributed by atoms with E-state index in [-0.39, 0.29) is 5.75 Å². The van der Waals surface area contributed by atoms with Gasteiger partial charge in [0, 0.05) is 6.07 Å². The zero-order valence-corrected chi connectivity index (χ0v) is 11.3. The van der Waals surface area contributed by atoms with Gasteiger partial charge < -0.3 is 15.2 Å². The molecule has 0 aliphatic rings. The van der Waals surface area contributed by atoms with E-state index in [9.17, 15) is 13.2 Å². The van der Waals surface area contributed by atoms with E-state index in [1.165, 1.54) is 12.1 Å². The van der Waals surface area contributed by atoms with Crippen molar-refractivity contribution in [1.82, 2.24) is 0 Å². The lowest BCUT2D eigenvalue weighted by atomic mass is 10.2. The van der Waals surface area contributed by atoms with E-state index in [4.69, 9.17) is 15.2 Å². The summed E-state index contributed by atoms with van der Waals surface area (Å²) in [6, 6.07) is 9.36. The van der Waals surface area contributed by atoms with Gasteiger partial charge >= 0.3 is 6.18 Å². The monoisotopic (exact) mass is 297 g/mol. The minimum absolute atomic E-state index is 0.0945. The molecule has 0 radical (unpaired) electrons. The van der Waals surface area contributed by atoms with Crippen molar-refractivity contribution in [2.24, 2.45) is 0 Å². The molecule has 6 heteroatoms. The van der Waals surface area contributed by atoms with Crippen LogP contribution in [-0.4, -0.2) is 6.61 Å². The van der Waals surface area contributed by atoms with E-state index in [2.05, 4.69) is 0 Å². The Balaban J connectivity index is 2.24. The summed E-state index contributed by atoms with van der Waals surface area (Å²) >= 11 is 0. The van der Waals surface area contributed by atoms with Crippen LogP contribution in [0.3, 0.4) is 0 Å². The number of rotatable bonds is 4.